The number of hydrogen-bond donors (Lipinski definition) is 5. The van der Waals surface area contributed by atoms with Crippen LogP contribution in [0.5, 0.6) is 5.75 Å². The van der Waals surface area contributed by atoms with Gasteiger partial charge in [-0.25, -0.2) is 4.79 Å². The Hall–Kier alpha value is -6.27. The molecule has 1 fully saturated rings. The van der Waals surface area contributed by atoms with Gasteiger partial charge in [0.15, 0.2) is 5.78 Å². The highest BCUT2D eigenvalue weighted by Crippen LogP contribution is 2.38. The molecule has 5 aromatic carbocycles. The third kappa shape index (κ3) is 10.9. The number of nitrogens with one attached hydrogen (secondary N) is 2. The molecule has 0 saturated carbocycles. The van der Waals surface area contributed by atoms with Crippen molar-refractivity contribution in [3.05, 3.63) is 149 Å². The summed E-state index contributed by atoms with van der Waals surface area (Å²) in [4.78, 5) is 43.5. The number of phenols is 1. The maximum atomic E-state index is 13.5. The average molecular weight is 823 g/mol. The lowest BCUT2D eigenvalue weighted by atomic mass is 9.93. The first-order valence-corrected chi connectivity index (χ1v) is 21.0. The summed E-state index contributed by atoms with van der Waals surface area (Å²) in [5, 5.41) is 36.8. The molecule has 61 heavy (non-hydrogen) atoms. The van der Waals surface area contributed by atoms with Gasteiger partial charge in [-0.15, -0.1) is 0 Å². The molecule has 0 aliphatic carbocycles. The number of amides is 2. The van der Waals surface area contributed by atoms with Crippen LogP contribution in [0.25, 0.3) is 17.2 Å². The summed E-state index contributed by atoms with van der Waals surface area (Å²) in [5.74, 6) is -0.0589. The number of hydrogen-bond acceptors (Lipinski definition) is 9. The number of para-hydroxylation sites is 1. The highest BCUT2D eigenvalue weighted by atomic mass is 16.6. The van der Waals surface area contributed by atoms with E-state index in [-0.39, 0.29) is 30.0 Å². The highest BCUT2D eigenvalue weighted by Gasteiger charge is 2.25. The van der Waals surface area contributed by atoms with Crippen molar-refractivity contribution in [2.75, 3.05) is 42.2 Å². The third-order valence-corrected chi connectivity index (χ3v) is 11.7. The van der Waals surface area contributed by atoms with Gasteiger partial charge in [0.05, 0.1) is 17.5 Å². The number of ketones is 1. The molecule has 7 rings (SSSR count). The highest BCUT2D eigenvalue weighted by molar-refractivity contribution is 6.00. The Balaban J connectivity index is 0.840. The summed E-state index contributed by atoms with van der Waals surface area (Å²) in [5.41, 5.74) is 8.68. The Morgan fingerprint density at radius 2 is 1.70 bits per heavy atom. The minimum absolute atomic E-state index is 0.0211. The molecule has 1 unspecified atom stereocenters. The second kappa shape index (κ2) is 19.9. The first kappa shape index (κ1) is 42.8. The smallest absolute Gasteiger partial charge is 0.411 e. The Morgan fingerprint density at radius 3 is 2.49 bits per heavy atom. The fraction of sp³-hybridized carbons (Fsp3) is 0.300. The van der Waals surface area contributed by atoms with Crippen molar-refractivity contribution in [3.8, 4) is 16.9 Å². The molecule has 2 aliphatic heterocycles. The summed E-state index contributed by atoms with van der Waals surface area (Å²) in [6.45, 7) is 4.02. The van der Waals surface area contributed by atoms with Gasteiger partial charge in [0, 0.05) is 61.9 Å². The zero-order valence-electron chi connectivity index (χ0n) is 34.7. The number of ether oxygens (including phenoxy) is 1. The number of piperidine rings is 1. The van der Waals surface area contributed by atoms with E-state index in [9.17, 15) is 29.7 Å². The molecule has 2 amide bonds. The lowest BCUT2D eigenvalue weighted by Gasteiger charge is -2.31. The number of carbonyl (C=O) groups excluding carboxylic acids is 3. The number of benzene rings is 5. The molecule has 5 N–H and O–H groups in total. The van der Waals surface area contributed by atoms with E-state index in [2.05, 4.69) is 21.6 Å². The van der Waals surface area contributed by atoms with Crippen molar-refractivity contribution in [2.45, 2.75) is 70.3 Å². The number of aromatic hydroxyl groups is 1. The van der Waals surface area contributed by atoms with Crippen molar-refractivity contribution in [2.24, 2.45) is 0 Å². The van der Waals surface area contributed by atoms with E-state index >= 15 is 0 Å². The number of nitrogens with zero attached hydrogens (tertiary/aromatic N) is 2. The molecule has 0 aromatic heterocycles. The van der Waals surface area contributed by atoms with Gasteiger partial charge < -0.3 is 35.2 Å². The predicted molar refractivity (Wildman–Crippen MR) is 240 cm³/mol. The molecule has 1 saturated heterocycles. The molecule has 2 atom stereocenters. The number of phenolic OH excluding ortho intramolecular Hbond substituents is 1. The maximum Gasteiger partial charge on any atom is 0.411 e. The molecular formula is C50H54N4O7. The predicted octanol–water partition coefficient (Wildman–Crippen LogP) is 8.67. The van der Waals surface area contributed by atoms with Crippen molar-refractivity contribution in [1.82, 2.24) is 4.90 Å². The second-order valence-electron chi connectivity index (χ2n) is 15.9. The van der Waals surface area contributed by atoms with E-state index in [0.717, 1.165) is 40.7 Å². The Kier molecular flexibility index (Phi) is 13.9. The summed E-state index contributed by atoms with van der Waals surface area (Å²) in [7, 11) is 1.74. The number of anilines is 3. The molecule has 5 aromatic rings. The lowest BCUT2D eigenvalue weighted by molar-refractivity contribution is -0.118. The zero-order chi connectivity index (χ0) is 42.9. The zero-order valence-corrected chi connectivity index (χ0v) is 34.7. The van der Waals surface area contributed by atoms with Crippen LogP contribution >= 0.6 is 0 Å². The second-order valence-corrected chi connectivity index (χ2v) is 15.9. The molecule has 0 bridgehead atoms. The van der Waals surface area contributed by atoms with Crippen LogP contribution in [0.15, 0.2) is 115 Å². The van der Waals surface area contributed by atoms with E-state index in [0.29, 0.717) is 79.1 Å². The quantitative estimate of drug-likeness (QED) is 0.0516. The van der Waals surface area contributed by atoms with Crippen molar-refractivity contribution in [1.29, 1.82) is 0 Å². The molecule has 2 heterocycles. The fourth-order valence-corrected chi connectivity index (χ4v) is 8.13. The molecule has 0 spiro atoms. The standard InChI is InChI=1S/C50H54N4O7/c1-33-30-34(10-8-17-44(55)41-20-22-45(56)49-42(41)21-23-47(58)52-49)18-19-36(33)32-46(57)37-13-9-14-38(31-37)53(2)48(59)26-29-54-27-24-39(25-28-54)61-50(60)51-43-16-7-6-15-40(43)35-11-4-3-5-12-35/h3-7,9,11-16,18-23,30-31,39,44,47,52,55-56,58H,8,10,17,24-29,32H2,1-2H3,(H,51,60)/t44-,47?/m0/s1. The van der Waals surface area contributed by atoms with Crippen LogP contribution in [0.2, 0.25) is 0 Å². The van der Waals surface area contributed by atoms with Gasteiger partial charge >= 0.3 is 6.09 Å². The molecule has 2 aliphatic rings. The normalized spacial score (nSPS) is 15.6. The number of likely N-dealkylation sites (tertiary alicyclic amines) is 1. The minimum atomic E-state index is -0.894. The molecule has 11 nitrogen and oxygen atoms in total. The summed E-state index contributed by atoms with van der Waals surface area (Å²) in [6.07, 6.45) is 4.90. The number of rotatable bonds is 15. The van der Waals surface area contributed by atoms with Gasteiger partial charge in [-0.1, -0.05) is 91.0 Å². The largest absolute Gasteiger partial charge is 0.506 e. The number of aliphatic hydroxyl groups excluding tert-OH is 2. The topological polar surface area (TPSA) is 152 Å². The molecule has 0 radical (unpaired) electrons. The summed E-state index contributed by atoms with van der Waals surface area (Å²) in [6, 6.07) is 34.1. The minimum Gasteiger partial charge on any atom is -0.506 e. The number of Topliss-reactive ketones (excluding diaryl/α,β-unsaturated/α-hetero) is 1. The maximum absolute atomic E-state index is 13.5. The SMILES string of the molecule is Cc1cc(CCC[C@H](O)c2ccc(O)c3c2C=CC(O)N3)ccc1CC(=O)c1cccc(N(C)C(=O)CCN2CCC(OC(=O)Nc3ccccc3-c3ccccc3)CC2)c1. The van der Waals surface area contributed by atoms with E-state index in [4.69, 9.17) is 4.74 Å². The molecule has 316 valence electrons. The van der Waals surface area contributed by atoms with Crippen LogP contribution in [0, 0.1) is 6.92 Å². The number of carbonyl (C=O) groups is 3. The monoisotopic (exact) mass is 822 g/mol. The van der Waals surface area contributed by atoms with Gasteiger partial charge in [-0.05, 0) is 97.2 Å². The first-order chi connectivity index (χ1) is 29.5. The average Bonchev–Trinajstić information content (AvgIpc) is 3.27. The molecular weight excluding hydrogens is 769 g/mol. The summed E-state index contributed by atoms with van der Waals surface area (Å²) < 4.78 is 5.79. The van der Waals surface area contributed by atoms with Crippen LogP contribution in [-0.4, -0.2) is 77.0 Å². The van der Waals surface area contributed by atoms with Crippen LogP contribution < -0.4 is 15.5 Å². The van der Waals surface area contributed by atoms with Gasteiger partial charge in [0.25, 0.3) is 0 Å². The van der Waals surface area contributed by atoms with E-state index in [1.165, 1.54) is 6.07 Å². The summed E-state index contributed by atoms with van der Waals surface area (Å²) >= 11 is 0. The van der Waals surface area contributed by atoms with E-state index in [1.54, 1.807) is 42.3 Å². The van der Waals surface area contributed by atoms with Crippen LogP contribution in [-0.2, 0) is 22.4 Å². The first-order valence-electron chi connectivity index (χ1n) is 21.0. The fourth-order valence-electron chi connectivity index (χ4n) is 8.13. The van der Waals surface area contributed by atoms with Gasteiger partial charge in [-0.3, -0.25) is 14.9 Å². The lowest BCUT2D eigenvalue weighted by Crippen LogP contribution is -2.40. The van der Waals surface area contributed by atoms with Gasteiger partial charge in [0.2, 0.25) is 5.91 Å². The van der Waals surface area contributed by atoms with E-state index < -0.39 is 18.4 Å². The number of aliphatic hydroxyl groups is 2. The number of aryl methyl sites for hydroxylation is 2. The van der Waals surface area contributed by atoms with Gasteiger partial charge in [-0.2, -0.15) is 0 Å². The molecule has 11 heteroatoms. The third-order valence-electron chi connectivity index (χ3n) is 11.7. The Labute approximate surface area is 357 Å². The van der Waals surface area contributed by atoms with Crippen LogP contribution in [0.3, 0.4) is 0 Å². The Morgan fingerprint density at radius 1 is 0.934 bits per heavy atom. The van der Waals surface area contributed by atoms with Crippen LogP contribution in [0.1, 0.15) is 76.4 Å². The van der Waals surface area contributed by atoms with Crippen molar-refractivity contribution >= 4 is 40.9 Å². The number of fused-ring (bicyclic) bond motifs is 1. The van der Waals surface area contributed by atoms with Crippen molar-refractivity contribution in [3.63, 3.8) is 0 Å². The van der Waals surface area contributed by atoms with Crippen LogP contribution in [0.4, 0.5) is 21.9 Å². The van der Waals surface area contributed by atoms with E-state index in [1.807, 2.05) is 85.8 Å². The van der Waals surface area contributed by atoms with Crippen molar-refractivity contribution < 1.29 is 34.4 Å². The Bertz CT molecular complexity index is 2370. The van der Waals surface area contributed by atoms with Gasteiger partial charge in [0.1, 0.15) is 18.1 Å².